The predicted molar refractivity (Wildman–Crippen MR) is 131 cm³/mol. The molecule has 0 fully saturated rings. The Bertz CT molecular complexity index is 1160. The van der Waals surface area contributed by atoms with Gasteiger partial charge in [0.1, 0.15) is 5.69 Å². The zero-order valence-electron chi connectivity index (χ0n) is 19.1. The van der Waals surface area contributed by atoms with Crippen LogP contribution in [0.3, 0.4) is 0 Å². The van der Waals surface area contributed by atoms with Crippen LogP contribution in [0.15, 0.2) is 91.4 Å². The fourth-order valence-electron chi connectivity index (χ4n) is 4.05. The molecular formula is C27H29N5O. The summed E-state index contributed by atoms with van der Waals surface area (Å²) in [5.41, 5.74) is 4.03. The topological polar surface area (TPSA) is 63.1 Å². The second-order valence-corrected chi connectivity index (χ2v) is 7.77. The summed E-state index contributed by atoms with van der Waals surface area (Å²) in [6.45, 7) is 6.60. The Morgan fingerprint density at radius 2 is 1.67 bits per heavy atom. The van der Waals surface area contributed by atoms with Crippen molar-refractivity contribution < 1.29 is 4.79 Å². The van der Waals surface area contributed by atoms with Gasteiger partial charge in [0.2, 0.25) is 0 Å². The number of hydrogen-bond acceptors (Lipinski definition) is 4. The van der Waals surface area contributed by atoms with E-state index in [1.807, 2.05) is 60.7 Å². The molecule has 2 aromatic carbocycles. The third kappa shape index (κ3) is 5.18. The maximum atomic E-state index is 13.4. The van der Waals surface area contributed by atoms with Crippen LogP contribution in [0.2, 0.25) is 0 Å². The fraction of sp³-hybridized carbons (Fsp3) is 0.222. The van der Waals surface area contributed by atoms with Crippen LogP contribution in [-0.4, -0.2) is 45.2 Å². The number of amides is 1. The van der Waals surface area contributed by atoms with Crippen molar-refractivity contribution in [2.75, 3.05) is 19.6 Å². The van der Waals surface area contributed by atoms with Crippen molar-refractivity contribution in [2.24, 2.45) is 0 Å². The molecule has 0 saturated heterocycles. The van der Waals surface area contributed by atoms with Crippen molar-refractivity contribution in [3.63, 3.8) is 0 Å². The second kappa shape index (κ2) is 10.7. The smallest absolute Gasteiger partial charge is 0.255 e. The molecule has 33 heavy (non-hydrogen) atoms. The predicted octanol–water partition coefficient (Wildman–Crippen LogP) is 4.75. The molecule has 6 heteroatoms. The van der Waals surface area contributed by atoms with E-state index in [-0.39, 0.29) is 11.9 Å². The summed E-state index contributed by atoms with van der Waals surface area (Å²) in [4.78, 5) is 20.0. The highest BCUT2D eigenvalue weighted by Crippen LogP contribution is 2.24. The van der Waals surface area contributed by atoms with Crippen molar-refractivity contribution in [3.8, 4) is 16.9 Å². The molecule has 0 spiro atoms. The number of likely N-dealkylation sites (N-methyl/N-ethyl adjacent to an activating group) is 1. The number of nitrogens with zero attached hydrogens (tertiary/aromatic N) is 4. The van der Waals surface area contributed by atoms with E-state index in [1.54, 1.807) is 23.3 Å². The van der Waals surface area contributed by atoms with Gasteiger partial charge in [0.15, 0.2) is 0 Å². The molecule has 1 N–H and O–H groups in total. The van der Waals surface area contributed by atoms with E-state index in [2.05, 4.69) is 41.2 Å². The number of carbonyl (C=O) groups is 1. The van der Waals surface area contributed by atoms with Crippen LogP contribution in [0.25, 0.3) is 16.9 Å². The Labute approximate surface area is 194 Å². The molecule has 2 aromatic heterocycles. The van der Waals surface area contributed by atoms with Gasteiger partial charge in [0.05, 0.1) is 17.3 Å². The van der Waals surface area contributed by atoms with Crippen LogP contribution in [0, 0.1) is 0 Å². The molecule has 2 heterocycles. The first-order valence-corrected chi connectivity index (χ1v) is 11.3. The number of pyridine rings is 1. The summed E-state index contributed by atoms with van der Waals surface area (Å²) in [5.74, 6) is -0.149. The number of aromatic nitrogens is 3. The second-order valence-electron chi connectivity index (χ2n) is 7.77. The molecule has 0 saturated carbocycles. The van der Waals surface area contributed by atoms with Gasteiger partial charge in [-0.3, -0.25) is 14.7 Å². The normalized spacial score (nSPS) is 12.0. The highest BCUT2D eigenvalue weighted by atomic mass is 16.1. The average Bonchev–Trinajstić information content (AvgIpc) is 3.34. The van der Waals surface area contributed by atoms with Gasteiger partial charge < -0.3 is 5.32 Å². The number of hydrogen-bond donors (Lipinski definition) is 1. The van der Waals surface area contributed by atoms with Crippen molar-refractivity contribution in [1.29, 1.82) is 0 Å². The minimum atomic E-state index is -0.149. The van der Waals surface area contributed by atoms with Crippen LogP contribution in [0.1, 0.15) is 35.8 Å². The summed E-state index contributed by atoms with van der Waals surface area (Å²) in [7, 11) is 0. The van der Waals surface area contributed by atoms with Crippen molar-refractivity contribution in [3.05, 3.63) is 103 Å². The lowest BCUT2D eigenvalue weighted by Gasteiger charge is -2.30. The van der Waals surface area contributed by atoms with Gasteiger partial charge >= 0.3 is 0 Å². The molecule has 1 atom stereocenters. The highest BCUT2D eigenvalue weighted by Gasteiger charge is 2.22. The van der Waals surface area contributed by atoms with E-state index in [9.17, 15) is 4.79 Å². The standard InChI is InChI=1S/C27H29N5O/c1-3-31(4-2)25(21-12-7-5-8-13-21)19-29-27(33)24-20-32(23-15-9-6-10-16-23)30-26(24)22-14-11-17-28-18-22/h5-18,20,25H,3-4,19H2,1-2H3,(H,29,33). The van der Waals surface area contributed by atoms with Crippen LogP contribution in [-0.2, 0) is 0 Å². The largest absolute Gasteiger partial charge is 0.350 e. The maximum absolute atomic E-state index is 13.4. The lowest BCUT2D eigenvalue weighted by atomic mass is 10.0. The summed E-state index contributed by atoms with van der Waals surface area (Å²) in [6.07, 6.45) is 5.24. The zero-order valence-corrected chi connectivity index (χ0v) is 19.1. The number of para-hydroxylation sites is 1. The van der Waals surface area contributed by atoms with E-state index < -0.39 is 0 Å². The molecule has 0 radical (unpaired) electrons. The van der Waals surface area contributed by atoms with E-state index in [0.717, 1.165) is 24.3 Å². The van der Waals surface area contributed by atoms with Crippen LogP contribution < -0.4 is 5.32 Å². The van der Waals surface area contributed by atoms with Gasteiger partial charge in [-0.05, 0) is 42.9 Å². The van der Waals surface area contributed by atoms with Gasteiger partial charge in [-0.2, -0.15) is 5.10 Å². The SMILES string of the molecule is CCN(CC)C(CNC(=O)c1cn(-c2ccccc2)nc1-c1cccnc1)c1ccccc1. The molecular weight excluding hydrogens is 410 g/mol. The van der Waals surface area contributed by atoms with Crippen LogP contribution >= 0.6 is 0 Å². The van der Waals surface area contributed by atoms with Crippen molar-refractivity contribution >= 4 is 5.91 Å². The van der Waals surface area contributed by atoms with Gasteiger partial charge in [-0.1, -0.05) is 62.4 Å². The molecule has 1 unspecified atom stereocenters. The first kappa shape index (κ1) is 22.4. The molecule has 0 aliphatic carbocycles. The Kier molecular flexibility index (Phi) is 7.27. The van der Waals surface area contributed by atoms with Gasteiger partial charge in [0, 0.05) is 30.7 Å². The first-order valence-electron chi connectivity index (χ1n) is 11.3. The van der Waals surface area contributed by atoms with Gasteiger partial charge in [-0.25, -0.2) is 4.68 Å². The Morgan fingerprint density at radius 3 is 2.30 bits per heavy atom. The molecule has 6 nitrogen and oxygen atoms in total. The lowest BCUT2D eigenvalue weighted by Crippen LogP contribution is -2.38. The first-order chi connectivity index (χ1) is 16.2. The van der Waals surface area contributed by atoms with Crippen molar-refractivity contribution in [2.45, 2.75) is 19.9 Å². The lowest BCUT2D eigenvalue weighted by molar-refractivity contribution is 0.0935. The monoisotopic (exact) mass is 439 g/mol. The van der Waals surface area contributed by atoms with Crippen molar-refractivity contribution in [1.82, 2.24) is 25.0 Å². The summed E-state index contributed by atoms with van der Waals surface area (Å²) < 4.78 is 1.75. The van der Waals surface area contributed by atoms with Crippen LogP contribution in [0.5, 0.6) is 0 Å². The molecule has 168 valence electrons. The average molecular weight is 440 g/mol. The Hall–Kier alpha value is -3.77. The summed E-state index contributed by atoms with van der Waals surface area (Å²) in [6, 6.07) is 24.0. The highest BCUT2D eigenvalue weighted by molar-refractivity contribution is 5.99. The molecule has 1 amide bonds. The van der Waals surface area contributed by atoms with Gasteiger partial charge in [-0.15, -0.1) is 0 Å². The third-order valence-corrected chi connectivity index (χ3v) is 5.81. The van der Waals surface area contributed by atoms with Crippen LogP contribution in [0.4, 0.5) is 0 Å². The molecule has 4 aromatic rings. The number of benzene rings is 2. The summed E-state index contributed by atoms with van der Waals surface area (Å²) in [5, 5.41) is 7.90. The molecule has 0 aliphatic rings. The third-order valence-electron chi connectivity index (χ3n) is 5.81. The molecule has 4 rings (SSSR count). The quantitative estimate of drug-likeness (QED) is 0.409. The molecule has 0 aliphatic heterocycles. The summed E-state index contributed by atoms with van der Waals surface area (Å²) >= 11 is 0. The van der Waals surface area contributed by atoms with E-state index in [0.29, 0.717) is 17.8 Å². The zero-order chi connectivity index (χ0) is 23.0. The Balaban J connectivity index is 1.63. The molecule has 0 bridgehead atoms. The van der Waals surface area contributed by atoms with E-state index in [4.69, 9.17) is 5.10 Å². The number of rotatable bonds is 9. The number of carbonyl (C=O) groups excluding carboxylic acids is 1. The number of nitrogens with one attached hydrogen (secondary N) is 1. The van der Waals surface area contributed by atoms with E-state index >= 15 is 0 Å². The van der Waals surface area contributed by atoms with E-state index in [1.165, 1.54) is 5.56 Å². The maximum Gasteiger partial charge on any atom is 0.255 e. The Morgan fingerprint density at radius 1 is 0.970 bits per heavy atom. The minimum Gasteiger partial charge on any atom is -0.350 e. The minimum absolute atomic E-state index is 0.0937. The fourth-order valence-corrected chi connectivity index (χ4v) is 4.05. The van der Waals surface area contributed by atoms with Gasteiger partial charge in [0.25, 0.3) is 5.91 Å².